The Morgan fingerprint density at radius 1 is 0.306 bits per heavy atom. The van der Waals surface area contributed by atoms with Crippen molar-refractivity contribution in [1.29, 1.82) is 0 Å². The highest BCUT2D eigenvalue weighted by Crippen LogP contribution is 2.47. The van der Waals surface area contributed by atoms with E-state index >= 15 is 0 Å². The third-order valence-electron chi connectivity index (χ3n) is 14.2. The van der Waals surface area contributed by atoms with Crippen molar-refractivity contribution in [1.82, 2.24) is 9.13 Å². The number of fused-ring (bicyclic) bond motifs is 11. The van der Waals surface area contributed by atoms with Crippen molar-refractivity contribution in [2.24, 2.45) is 0 Å². The van der Waals surface area contributed by atoms with E-state index in [1.807, 2.05) is 0 Å². The van der Waals surface area contributed by atoms with Crippen LogP contribution in [-0.4, -0.2) is 15.8 Å². The second-order valence-corrected chi connectivity index (χ2v) is 17.2. The summed E-state index contributed by atoms with van der Waals surface area (Å²) in [4.78, 5) is 2.58. The molecule has 0 amide bonds. The van der Waals surface area contributed by atoms with Crippen LogP contribution in [0.5, 0.6) is 0 Å². The van der Waals surface area contributed by atoms with Crippen LogP contribution in [0.4, 0.5) is 17.1 Å². The maximum Gasteiger partial charge on any atom is 0.248 e. The molecule has 0 fully saturated rings. The molecule has 62 heavy (non-hydrogen) atoms. The monoisotopic (exact) mass is 783 g/mol. The standard InChI is InChI=1S/C58H34BN3/c1-5-18-49-41(13-1)42-14-2-6-19-50(42)60(49)38-27-30-40-45-17-10-22-55-58(45)59(47(40)33-38)48-34-39(61-51-20-7-3-15-43(51)44-16-4-8-21-52(44)61)28-32-54(48)62(55)53-31-26-37-24-23-35-11-9-12-36-25-29-46(53)57(37)56(35)36/h1-34H. The maximum atomic E-state index is 2.58. The number of rotatable bonds is 3. The first-order valence-electron chi connectivity index (χ1n) is 21.6. The lowest BCUT2D eigenvalue weighted by molar-refractivity contribution is 1.18. The Morgan fingerprint density at radius 2 is 0.806 bits per heavy atom. The Kier molecular flexibility index (Phi) is 6.24. The quantitative estimate of drug-likeness (QED) is 0.128. The smallest absolute Gasteiger partial charge is 0.248 e. The fourth-order valence-electron chi connectivity index (χ4n) is 11.8. The fourth-order valence-corrected chi connectivity index (χ4v) is 11.8. The summed E-state index contributed by atoms with van der Waals surface area (Å²) >= 11 is 0. The highest BCUT2D eigenvalue weighted by Gasteiger charge is 2.43. The Morgan fingerprint density at radius 3 is 1.44 bits per heavy atom. The first kappa shape index (κ1) is 32.7. The van der Waals surface area contributed by atoms with Gasteiger partial charge in [0, 0.05) is 49.7 Å². The van der Waals surface area contributed by atoms with E-state index < -0.39 is 0 Å². The SMILES string of the molecule is c1cc2c3c(c1)N(c1ccc4ccc5cccc6ccc1c4c56)c1ccc(-n4c5ccccc5c5ccccc54)cc1B3c1cc(-n3c4ccccc4c4ccccc43)ccc1-2. The van der Waals surface area contributed by atoms with Gasteiger partial charge in [-0.05, 0) is 116 Å². The lowest BCUT2D eigenvalue weighted by atomic mass is 9.37. The molecule has 0 unspecified atom stereocenters. The third-order valence-corrected chi connectivity index (χ3v) is 14.2. The Bertz CT molecular complexity index is 3950. The molecular formula is C58H34BN3. The normalized spacial score (nSPS) is 13.1. The molecule has 11 aromatic carbocycles. The highest BCUT2D eigenvalue weighted by molar-refractivity contribution is 7.01. The van der Waals surface area contributed by atoms with E-state index in [-0.39, 0.29) is 6.71 Å². The van der Waals surface area contributed by atoms with E-state index in [0.29, 0.717) is 0 Å². The summed E-state index contributed by atoms with van der Waals surface area (Å²) < 4.78 is 4.93. The zero-order chi connectivity index (χ0) is 40.2. The molecule has 0 spiro atoms. The number of benzene rings is 11. The van der Waals surface area contributed by atoms with Crippen LogP contribution in [0, 0.1) is 0 Å². The van der Waals surface area contributed by atoms with Gasteiger partial charge in [-0.3, -0.25) is 0 Å². The number of aromatic nitrogens is 2. The van der Waals surface area contributed by atoms with Gasteiger partial charge >= 0.3 is 0 Å². The molecular weight excluding hydrogens is 749 g/mol. The van der Waals surface area contributed by atoms with Crippen molar-refractivity contribution in [3.63, 3.8) is 0 Å². The minimum Gasteiger partial charge on any atom is -0.311 e. The second kappa shape index (κ2) is 11.8. The summed E-state index contributed by atoms with van der Waals surface area (Å²) in [6.07, 6.45) is 0. The van der Waals surface area contributed by atoms with Crippen LogP contribution in [-0.2, 0) is 0 Å². The Balaban J connectivity index is 1.03. The van der Waals surface area contributed by atoms with Crippen molar-refractivity contribution in [2.45, 2.75) is 0 Å². The molecule has 0 saturated carbocycles. The zero-order valence-corrected chi connectivity index (χ0v) is 33.5. The van der Waals surface area contributed by atoms with Crippen LogP contribution in [0.3, 0.4) is 0 Å². The van der Waals surface area contributed by atoms with Gasteiger partial charge in [0.1, 0.15) is 0 Å². The molecule has 3 nitrogen and oxygen atoms in total. The van der Waals surface area contributed by atoms with Gasteiger partial charge in [0.15, 0.2) is 0 Å². The molecule has 0 aliphatic carbocycles. The number of para-hydroxylation sites is 4. The lowest BCUT2D eigenvalue weighted by Crippen LogP contribution is -2.54. The van der Waals surface area contributed by atoms with Crippen molar-refractivity contribution >= 4 is 116 Å². The van der Waals surface area contributed by atoms with Gasteiger partial charge in [0.05, 0.1) is 27.8 Å². The number of hydrogen-bond donors (Lipinski definition) is 0. The van der Waals surface area contributed by atoms with Crippen LogP contribution in [0.15, 0.2) is 206 Å². The van der Waals surface area contributed by atoms with E-state index in [9.17, 15) is 0 Å². The van der Waals surface area contributed by atoms with Crippen LogP contribution in [0.25, 0.3) is 98.4 Å². The average Bonchev–Trinajstić information content (AvgIpc) is 3.97. The molecule has 2 aromatic heterocycles. The fraction of sp³-hybridized carbons (Fsp3) is 0. The molecule has 15 rings (SSSR count). The molecule has 284 valence electrons. The molecule has 2 aliphatic rings. The minimum atomic E-state index is 0.0309. The number of hydrogen-bond acceptors (Lipinski definition) is 1. The lowest BCUT2D eigenvalue weighted by Gasteiger charge is -2.37. The van der Waals surface area contributed by atoms with Crippen molar-refractivity contribution < 1.29 is 0 Å². The van der Waals surface area contributed by atoms with Gasteiger partial charge in [-0.25, -0.2) is 0 Å². The maximum absolute atomic E-state index is 2.58. The molecule has 13 aromatic rings. The van der Waals surface area contributed by atoms with Gasteiger partial charge in [0.2, 0.25) is 6.71 Å². The summed E-state index contributed by atoms with van der Waals surface area (Å²) in [7, 11) is 0. The van der Waals surface area contributed by atoms with Crippen LogP contribution in [0.1, 0.15) is 0 Å². The predicted molar refractivity (Wildman–Crippen MR) is 264 cm³/mol. The van der Waals surface area contributed by atoms with E-state index in [4.69, 9.17) is 0 Å². The second-order valence-electron chi connectivity index (χ2n) is 17.2. The molecule has 0 atom stereocenters. The van der Waals surface area contributed by atoms with E-state index in [1.165, 1.54) is 132 Å². The summed E-state index contributed by atoms with van der Waals surface area (Å²) in [6, 6.07) is 77.4. The van der Waals surface area contributed by atoms with Gasteiger partial charge in [-0.1, -0.05) is 145 Å². The van der Waals surface area contributed by atoms with Crippen molar-refractivity contribution in [3.05, 3.63) is 206 Å². The summed E-state index contributed by atoms with van der Waals surface area (Å²) in [5.41, 5.74) is 17.6. The third kappa shape index (κ3) is 4.11. The van der Waals surface area contributed by atoms with E-state index in [2.05, 4.69) is 220 Å². The largest absolute Gasteiger partial charge is 0.311 e. The van der Waals surface area contributed by atoms with Crippen LogP contribution >= 0.6 is 0 Å². The number of anilines is 3. The number of nitrogens with zero attached hydrogens (tertiary/aromatic N) is 3. The molecule has 2 aliphatic heterocycles. The summed E-state index contributed by atoms with van der Waals surface area (Å²) in [5, 5.41) is 12.9. The van der Waals surface area contributed by atoms with Gasteiger partial charge < -0.3 is 14.0 Å². The molecule has 0 bridgehead atoms. The van der Waals surface area contributed by atoms with Gasteiger partial charge in [-0.15, -0.1) is 0 Å². The van der Waals surface area contributed by atoms with Gasteiger partial charge in [-0.2, -0.15) is 0 Å². The zero-order valence-electron chi connectivity index (χ0n) is 33.5. The first-order chi connectivity index (χ1) is 30.8. The summed E-state index contributed by atoms with van der Waals surface area (Å²) in [5.74, 6) is 0. The van der Waals surface area contributed by atoms with Crippen molar-refractivity contribution in [3.8, 4) is 22.5 Å². The average molecular weight is 784 g/mol. The van der Waals surface area contributed by atoms with E-state index in [1.54, 1.807) is 0 Å². The Hall–Kier alpha value is -8.08. The van der Waals surface area contributed by atoms with Crippen molar-refractivity contribution in [2.75, 3.05) is 4.90 Å². The molecule has 4 heteroatoms. The van der Waals surface area contributed by atoms with Crippen LogP contribution < -0.4 is 21.3 Å². The van der Waals surface area contributed by atoms with E-state index in [0.717, 1.165) is 0 Å². The topological polar surface area (TPSA) is 13.1 Å². The molecule has 0 N–H and O–H groups in total. The highest BCUT2D eigenvalue weighted by atomic mass is 15.2. The minimum absolute atomic E-state index is 0.0309. The predicted octanol–water partition coefficient (Wildman–Crippen LogP) is 13.1. The Labute approximate surface area is 357 Å². The molecule has 0 radical (unpaired) electrons. The summed E-state index contributed by atoms with van der Waals surface area (Å²) in [6.45, 7) is 0.0309. The van der Waals surface area contributed by atoms with Crippen LogP contribution in [0.2, 0.25) is 0 Å². The first-order valence-corrected chi connectivity index (χ1v) is 21.6. The molecule has 0 saturated heterocycles. The van der Waals surface area contributed by atoms with Gasteiger partial charge in [0.25, 0.3) is 0 Å². The molecule has 4 heterocycles.